The molecule has 0 aliphatic carbocycles. The van der Waals surface area contributed by atoms with Crippen LogP contribution in [0.3, 0.4) is 0 Å². The van der Waals surface area contributed by atoms with Crippen LogP contribution in [0.5, 0.6) is 0 Å². The molecule has 3 heterocycles. The first-order valence-electron chi connectivity index (χ1n) is 9.83. The minimum absolute atomic E-state index is 0.133. The molecule has 10 nitrogen and oxygen atoms in total. The van der Waals surface area contributed by atoms with Crippen molar-refractivity contribution < 1.29 is 14.3 Å². The highest BCUT2D eigenvalue weighted by molar-refractivity contribution is 5.76. The Hall–Kier alpha value is -3.40. The lowest BCUT2D eigenvalue weighted by Crippen LogP contribution is -2.58. The summed E-state index contributed by atoms with van der Waals surface area (Å²) in [6.07, 6.45) is 2.87. The number of aromatic nitrogens is 2. The van der Waals surface area contributed by atoms with Gasteiger partial charge in [-0.1, -0.05) is 24.3 Å². The Labute approximate surface area is 171 Å². The van der Waals surface area contributed by atoms with Crippen molar-refractivity contribution in [3.8, 4) is 0 Å². The molecule has 30 heavy (non-hydrogen) atoms. The molecule has 158 valence electrons. The predicted octanol–water partition coefficient (Wildman–Crippen LogP) is -0.0404. The van der Waals surface area contributed by atoms with Gasteiger partial charge in [-0.05, 0) is 24.0 Å². The Bertz CT molecular complexity index is 1060. The molecule has 0 unspecified atom stereocenters. The molecule has 2 aliphatic rings. The number of carbonyl (C=O) groups is 2. The van der Waals surface area contributed by atoms with E-state index in [1.54, 1.807) is 0 Å². The number of H-pyrrole nitrogens is 1. The molecule has 0 radical (unpaired) electrons. The van der Waals surface area contributed by atoms with Crippen LogP contribution in [0.2, 0.25) is 0 Å². The molecule has 1 aromatic heterocycles. The standard InChI is InChI=1S/C20H23N5O5/c26-15-6-7-25(20(29)22-15)11-16(27)21-10-12-3-1-4-13(9-12)17-14-5-2-8-30-18(14)24-19(28)23-17/h1,3-4,6-7,9,14,17-18H,2,5,8,10-11H2,(H,21,27)(H,22,26,29)(H2,23,24,28)/t14-,17-,18-/m0/s1. The topological polar surface area (TPSA) is 134 Å². The van der Waals surface area contributed by atoms with Gasteiger partial charge in [-0.3, -0.25) is 19.1 Å². The molecule has 0 spiro atoms. The fourth-order valence-corrected chi connectivity index (χ4v) is 3.92. The zero-order valence-electron chi connectivity index (χ0n) is 16.2. The van der Waals surface area contributed by atoms with Crippen molar-refractivity contribution >= 4 is 11.9 Å². The van der Waals surface area contributed by atoms with E-state index in [4.69, 9.17) is 4.74 Å². The second kappa shape index (κ2) is 8.54. The van der Waals surface area contributed by atoms with Gasteiger partial charge in [0.2, 0.25) is 5.91 Å². The third kappa shape index (κ3) is 4.43. The Kier molecular flexibility index (Phi) is 5.66. The largest absolute Gasteiger partial charge is 0.358 e. The van der Waals surface area contributed by atoms with E-state index >= 15 is 0 Å². The zero-order chi connectivity index (χ0) is 21.1. The molecule has 0 saturated carbocycles. The normalized spacial score (nSPS) is 23.1. The molecule has 2 saturated heterocycles. The molecule has 0 bridgehead atoms. The number of rotatable bonds is 5. The van der Waals surface area contributed by atoms with Gasteiger partial charge in [0.05, 0.1) is 6.04 Å². The summed E-state index contributed by atoms with van der Waals surface area (Å²) < 4.78 is 6.83. The van der Waals surface area contributed by atoms with Crippen LogP contribution in [0.4, 0.5) is 4.79 Å². The molecule has 2 fully saturated rings. The van der Waals surface area contributed by atoms with Crippen molar-refractivity contribution in [3.63, 3.8) is 0 Å². The molecule has 1 aromatic carbocycles. The number of nitrogens with zero attached hydrogens (tertiary/aromatic N) is 1. The first kappa shape index (κ1) is 19.9. The fraction of sp³-hybridized carbons (Fsp3) is 0.400. The highest BCUT2D eigenvalue weighted by Crippen LogP contribution is 2.34. The lowest BCUT2D eigenvalue weighted by molar-refractivity contribution is -0.121. The second-order valence-electron chi connectivity index (χ2n) is 7.45. The molecule has 10 heteroatoms. The Morgan fingerprint density at radius 3 is 2.90 bits per heavy atom. The molecule has 4 rings (SSSR count). The van der Waals surface area contributed by atoms with E-state index in [1.165, 1.54) is 12.3 Å². The van der Waals surface area contributed by atoms with Gasteiger partial charge < -0.3 is 20.7 Å². The Morgan fingerprint density at radius 1 is 1.20 bits per heavy atom. The second-order valence-corrected chi connectivity index (χ2v) is 7.45. The lowest BCUT2D eigenvalue weighted by atomic mass is 9.85. The lowest BCUT2D eigenvalue weighted by Gasteiger charge is -2.42. The van der Waals surface area contributed by atoms with Crippen LogP contribution >= 0.6 is 0 Å². The highest BCUT2D eigenvalue weighted by atomic mass is 16.5. The van der Waals surface area contributed by atoms with Crippen molar-refractivity contribution in [1.82, 2.24) is 25.5 Å². The number of ether oxygens (including phenoxy) is 1. The van der Waals surface area contributed by atoms with E-state index in [0.29, 0.717) is 6.61 Å². The van der Waals surface area contributed by atoms with E-state index in [2.05, 4.69) is 20.9 Å². The summed E-state index contributed by atoms with van der Waals surface area (Å²) in [6, 6.07) is 8.44. The maximum absolute atomic E-state index is 12.2. The van der Waals surface area contributed by atoms with E-state index in [1.807, 2.05) is 24.3 Å². The number of nitrogens with one attached hydrogen (secondary N) is 4. The maximum atomic E-state index is 12.2. The fourth-order valence-electron chi connectivity index (χ4n) is 3.92. The summed E-state index contributed by atoms with van der Waals surface area (Å²) in [5.74, 6) is -0.223. The van der Waals surface area contributed by atoms with Crippen molar-refractivity contribution in [2.45, 2.75) is 38.2 Å². The summed E-state index contributed by atoms with van der Waals surface area (Å²) in [6.45, 7) is 0.716. The first-order chi connectivity index (χ1) is 14.5. The van der Waals surface area contributed by atoms with Crippen LogP contribution in [0.25, 0.3) is 0 Å². The Morgan fingerprint density at radius 2 is 2.07 bits per heavy atom. The summed E-state index contributed by atoms with van der Waals surface area (Å²) in [5.41, 5.74) is 0.680. The van der Waals surface area contributed by atoms with Gasteiger partial charge in [0, 0.05) is 31.3 Å². The highest BCUT2D eigenvalue weighted by Gasteiger charge is 2.39. The average molecular weight is 413 g/mol. The third-order valence-electron chi connectivity index (χ3n) is 5.37. The van der Waals surface area contributed by atoms with Gasteiger partial charge >= 0.3 is 11.7 Å². The smallest absolute Gasteiger partial charge is 0.328 e. The van der Waals surface area contributed by atoms with Gasteiger partial charge in [0.15, 0.2) is 0 Å². The maximum Gasteiger partial charge on any atom is 0.328 e. The predicted molar refractivity (Wildman–Crippen MR) is 106 cm³/mol. The van der Waals surface area contributed by atoms with Crippen LogP contribution < -0.4 is 27.2 Å². The average Bonchev–Trinajstić information content (AvgIpc) is 2.74. The van der Waals surface area contributed by atoms with Gasteiger partial charge in [-0.15, -0.1) is 0 Å². The van der Waals surface area contributed by atoms with Crippen molar-refractivity contribution in [1.29, 1.82) is 0 Å². The van der Waals surface area contributed by atoms with Crippen molar-refractivity contribution in [2.24, 2.45) is 5.92 Å². The van der Waals surface area contributed by atoms with Gasteiger partial charge in [-0.2, -0.15) is 0 Å². The minimum Gasteiger partial charge on any atom is -0.358 e. The number of fused-ring (bicyclic) bond motifs is 1. The van der Waals surface area contributed by atoms with Crippen LogP contribution in [-0.2, 0) is 22.6 Å². The quantitative estimate of drug-likeness (QED) is 0.546. The van der Waals surface area contributed by atoms with Gasteiger partial charge in [-0.25, -0.2) is 9.59 Å². The van der Waals surface area contributed by atoms with Gasteiger partial charge in [0.1, 0.15) is 12.8 Å². The molecule has 2 aromatic rings. The monoisotopic (exact) mass is 413 g/mol. The Balaban J connectivity index is 1.42. The van der Waals surface area contributed by atoms with Crippen LogP contribution in [0.1, 0.15) is 30.0 Å². The summed E-state index contributed by atoms with van der Waals surface area (Å²) in [7, 11) is 0. The first-order valence-corrected chi connectivity index (χ1v) is 9.83. The summed E-state index contributed by atoms with van der Waals surface area (Å²) in [5, 5.41) is 8.58. The minimum atomic E-state index is -0.634. The number of carbonyl (C=O) groups excluding carboxylic acids is 2. The van der Waals surface area contributed by atoms with E-state index in [-0.39, 0.29) is 43.2 Å². The molecular weight excluding hydrogens is 390 g/mol. The van der Waals surface area contributed by atoms with E-state index in [0.717, 1.165) is 28.5 Å². The molecule has 3 atom stereocenters. The van der Waals surface area contributed by atoms with Crippen LogP contribution in [0.15, 0.2) is 46.1 Å². The zero-order valence-corrected chi connectivity index (χ0v) is 16.2. The third-order valence-corrected chi connectivity index (χ3v) is 5.37. The number of amides is 3. The van der Waals surface area contributed by atoms with Crippen LogP contribution in [0, 0.1) is 5.92 Å². The van der Waals surface area contributed by atoms with E-state index < -0.39 is 11.2 Å². The molecule has 3 amide bonds. The number of hydrogen-bond acceptors (Lipinski definition) is 5. The van der Waals surface area contributed by atoms with Crippen LogP contribution in [-0.4, -0.2) is 34.3 Å². The number of hydrogen-bond donors (Lipinski definition) is 4. The number of benzene rings is 1. The van der Waals surface area contributed by atoms with E-state index in [9.17, 15) is 19.2 Å². The number of aromatic amines is 1. The molecule has 2 aliphatic heterocycles. The SMILES string of the molecule is O=C(Cn1ccc(=O)[nH]c1=O)NCc1cccc([C@@H]2NC(=O)N[C@H]3OCCC[C@H]32)c1. The molecule has 4 N–H and O–H groups in total. The van der Waals surface area contributed by atoms with Crippen molar-refractivity contribution in [2.75, 3.05) is 6.61 Å². The molecular formula is C20H23N5O5. The number of urea groups is 1. The summed E-state index contributed by atoms with van der Waals surface area (Å²) in [4.78, 5) is 49.1. The van der Waals surface area contributed by atoms with Crippen molar-refractivity contribution in [3.05, 3.63) is 68.5 Å². The summed E-state index contributed by atoms with van der Waals surface area (Å²) >= 11 is 0. The van der Waals surface area contributed by atoms with Gasteiger partial charge in [0.25, 0.3) is 5.56 Å².